The lowest BCUT2D eigenvalue weighted by Crippen LogP contribution is -2.08. The molecule has 2 aromatic rings. The number of nitro groups is 1. The summed E-state index contributed by atoms with van der Waals surface area (Å²) in [6.07, 6.45) is 0. The molecule has 0 spiro atoms. The van der Waals surface area contributed by atoms with E-state index in [1.54, 1.807) is 18.2 Å². The number of nitriles is 1. The lowest BCUT2D eigenvalue weighted by molar-refractivity contribution is -0.384. The van der Waals surface area contributed by atoms with Gasteiger partial charge < -0.3 is 5.32 Å². The van der Waals surface area contributed by atoms with E-state index in [1.807, 2.05) is 32.0 Å². The van der Waals surface area contributed by atoms with Gasteiger partial charge in [-0.2, -0.15) is 5.26 Å². The van der Waals surface area contributed by atoms with Crippen molar-refractivity contribution in [2.45, 2.75) is 19.9 Å². The lowest BCUT2D eigenvalue weighted by atomic mass is 10.0. The fraction of sp³-hybridized carbons (Fsp3) is 0.188. The van der Waals surface area contributed by atoms with E-state index in [2.05, 4.69) is 11.4 Å². The third-order valence-electron chi connectivity index (χ3n) is 3.31. The van der Waals surface area contributed by atoms with Crippen LogP contribution in [-0.2, 0) is 0 Å². The minimum Gasteiger partial charge on any atom is -0.378 e. The maximum Gasteiger partial charge on any atom is 0.269 e. The molecule has 0 saturated carbocycles. The Morgan fingerprint density at radius 1 is 1.29 bits per heavy atom. The number of benzene rings is 2. The van der Waals surface area contributed by atoms with Crippen LogP contribution in [0.5, 0.6) is 0 Å². The van der Waals surface area contributed by atoms with Crippen LogP contribution in [0, 0.1) is 28.4 Å². The zero-order valence-corrected chi connectivity index (χ0v) is 11.8. The molecule has 0 fully saturated rings. The van der Waals surface area contributed by atoms with E-state index < -0.39 is 4.92 Å². The summed E-state index contributed by atoms with van der Waals surface area (Å²) in [5.74, 6) is 0. The molecule has 0 aliphatic heterocycles. The molecule has 0 aliphatic carbocycles. The molecule has 2 aromatic carbocycles. The smallest absolute Gasteiger partial charge is 0.269 e. The summed E-state index contributed by atoms with van der Waals surface area (Å²) in [4.78, 5) is 10.3. The quantitative estimate of drug-likeness (QED) is 0.679. The highest BCUT2D eigenvalue weighted by Crippen LogP contribution is 2.25. The summed E-state index contributed by atoms with van der Waals surface area (Å²) in [5, 5.41) is 23.0. The zero-order chi connectivity index (χ0) is 15.4. The number of aryl methyl sites for hydroxylation is 1. The van der Waals surface area contributed by atoms with Crippen molar-refractivity contribution in [3.8, 4) is 6.07 Å². The Hall–Kier alpha value is -2.87. The number of nitrogens with one attached hydrogen (secondary N) is 1. The van der Waals surface area contributed by atoms with Gasteiger partial charge >= 0.3 is 0 Å². The van der Waals surface area contributed by atoms with Crippen molar-refractivity contribution >= 4 is 11.4 Å². The minimum absolute atomic E-state index is 0.00143. The first-order valence-electron chi connectivity index (χ1n) is 6.53. The summed E-state index contributed by atoms with van der Waals surface area (Å²) in [7, 11) is 0. The van der Waals surface area contributed by atoms with E-state index >= 15 is 0 Å². The Bertz CT molecular complexity index is 720. The molecule has 1 atom stereocenters. The Balaban J connectivity index is 2.21. The molecule has 0 aliphatic rings. The topological polar surface area (TPSA) is 79.0 Å². The molecule has 1 unspecified atom stereocenters. The summed E-state index contributed by atoms with van der Waals surface area (Å²) in [5.41, 5.74) is 3.34. The number of anilines is 1. The van der Waals surface area contributed by atoms with Crippen LogP contribution in [0.2, 0.25) is 0 Å². The second kappa shape index (κ2) is 6.06. The van der Waals surface area contributed by atoms with Gasteiger partial charge in [0.1, 0.15) is 0 Å². The fourth-order valence-electron chi connectivity index (χ4n) is 2.12. The number of rotatable bonds is 4. The normalized spacial score (nSPS) is 11.5. The van der Waals surface area contributed by atoms with E-state index in [9.17, 15) is 10.1 Å². The van der Waals surface area contributed by atoms with Gasteiger partial charge in [0.05, 0.1) is 16.6 Å². The van der Waals surface area contributed by atoms with Gasteiger partial charge in [0.15, 0.2) is 0 Å². The van der Waals surface area contributed by atoms with Crippen molar-refractivity contribution in [1.29, 1.82) is 5.26 Å². The average Bonchev–Trinajstić information content (AvgIpc) is 2.49. The van der Waals surface area contributed by atoms with Crippen LogP contribution in [0.1, 0.15) is 29.7 Å². The minimum atomic E-state index is -0.406. The summed E-state index contributed by atoms with van der Waals surface area (Å²) in [6, 6.07) is 14.2. The monoisotopic (exact) mass is 281 g/mol. The molecule has 0 aromatic heterocycles. The molecule has 0 heterocycles. The molecular formula is C16H15N3O2. The third kappa shape index (κ3) is 3.37. The number of hydrogen-bond acceptors (Lipinski definition) is 4. The van der Waals surface area contributed by atoms with E-state index in [0.29, 0.717) is 5.56 Å². The highest BCUT2D eigenvalue weighted by Gasteiger charge is 2.11. The van der Waals surface area contributed by atoms with Crippen molar-refractivity contribution in [2.75, 3.05) is 5.32 Å². The first kappa shape index (κ1) is 14.5. The molecule has 5 heteroatoms. The van der Waals surface area contributed by atoms with Crippen LogP contribution in [0.15, 0.2) is 42.5 Å². The van der Waals surface area contributed by atoms with Gasteiger partial charge in [0.25, 0.3) is 5.69 Å². The molecule has 5 nitrogen and oxygen atoms in total. The number of nitrogens with zero attached hydrogens (tertiary/aromatic N) is 2. The molecule has 1 N–H and O–H groups in total. The van der Waals surface area contributed by atoms with E-state index in [1.165, 1.54) is 6.07 Å². The SMILES string of the molecule is Cc1cc([N+](=O)[O-])ccc1NC(C)c1cccc(C#N)c1. The van der Waals surface area contributed by atoms with Gasteiger partial charge in [0.2, 0.25) is 0 Å². The Kier molecular flexibility index (Phi) is 4.19. The molecule has 106 valence electrons. The summed E-state index contributed by atoms with van der Waals surface area (Å²) in [6.45, 7) is 3.81. The summed E-state index contributed by atoms with van der Waals surface area (Å²) < 4.78 is 0. The molecule has 2 rings (SSSR count). The molecule has 0 saturated heterocycles. The van der Waals surface area contributed by atoms with Crippen molar-refractivity contribution in [1.82, 2.24) is 0 Å². The fourth-order valence-corrected chi connectivity index (χ4v) is 2.12. The number of nitro benzene ring substituents is 1. The second-order valence-electron chi connectivity index (χ2n) is 4.86. The molecule has 0 radical (unpaired) electrons. The average molecular weight is 281 g/mol. The summed E-state index contributed by atoms with van der Waals surface area (Å²) >= 11 is 0. The molecule has 0 bridgehead atoms. The van der Waals surface area contributed by atoms with Crippen molar-refractivity contribution in [3.63, 3.8) is 0 Å². The second-order valence-corrected chi connectivity index (χ2v) is 4.86. The highest BCUT2D eigenvalue weighted by atomic mass is 16.6. The van der Waals surface area contributed by atoms with Crippen molar-refractivity contribution in [2.24, 2.45) is 0 Å². The van der Waals surface area contributed by atoms with Gasteiger partial charge in [-0.15, -0.1) is 0 Å². The largest absolute Gasteiger partial charge is 0.378 e. The molecule has 21 heavy (non-hydrogen) atoms. The number of non-ortho nitro benzene ring substituents is 1. The van der Waals surface area contributed by atoms with E-state index in [0.717, 1.165) is 16.8 Å². The number of hydrogen-bond donors (Lipinski definition) is 1. The van der Waals surface area contributed by atoms with Crippen LogP contribution in [0.4, 0.5) is 11.4 Å². The van der Waals surface area contributed by atoms with E-state index in [-0.39, 0.29) is 11.7 Å². The van der Waals surface area contributed by atoms with Gasteiger partial charge in [-0.3, -0.25) is 10.1 Å². The first-order chi connectivity index (χ1) is 10.0. The Labute approximate surface area is 123 Å². The Morgan fingerprint density at radius 2 is 2.05 bits per heavy atom. The molecule has 0 amide bonds. The maximum absolute atomic E-state index is 10.7. The van der Waals surface area contributed by atoms with Crippen LogP contribution in [0.3, 0.4) is 0 Å². The van der Waals surface area contributed by atoms with Gasteiger partial charge in [-0.05, 0) is 43.2 Å². The van der Waals surface area contributed by atoms with Crippen LogP contribution >= 0.6 is 0 Å². The highest BCUT2D eigenvalue weighted by molar-refractivity contribution is 5.56. The first-order valence-corrected chi connectivity index (χ1v) is 6.53. The van der Waals surface area contributed by atoms with Crippen molar-refractivity contribution in [3.05, 3.63) is 69.3 Å². The van der Waals surface area contributed by atoms with Crippen molar-refractivity contribution < 1.29 is 4.92 Å². The maximum atomic E-state index is 10.7. The van der Waals surface area contributed by atoms with Crippen LogP contribution < -0.4 is 5.32 Å². The molecular weight excluding hydrogens is 266 g/mol. The zero-order valence-electron chi connectivity index (χ0n) is 11.8. The predicted octanol–water partition coefficient (Wildman–Crippen LogP) is 3.95. The van der Waals surface area contributed by atoms with Crippen LogP contribution in [-0.4, -0.2) is 4.92 Å². The van der Waals surface area contributed by atoms with E-state index in [4.69, 9.17) is 5.26 Å². The van der Waals surface area contributed by atoms with Gasteiger partial charge in [-0.25, -0.2) is 0 Å². The van der Waals surface area contributed by atoms with Gasteiger partial charge in [-0.1, -0.05) is 12.1 Å². The Morgan fingerprint density at radius 3 is 2.67 bits per heavy atom. The van der Waals surface area contributed by atoms with Gasteiger partial charge in [0, 0.05) is 23.9 Å². The lowest BCUT2D eigenvalue weighted by Gasteiger charge is -2.17. The third-order valence-corrected chi connectivity index (χ3v) is 3.31. The predicted molar refractivity (Wildman–Crippen MR) is 81.0 cm³/mol. The van der Waals surface area contributed by atoms with Crippen LogP contribution in [0.25, 0.3) is 0 Å². The standard InChI is InChI=1S/C16H15N3O2/c1-11-8-15(19(20)21)6-7-16(11)18-12(2)14-5-3-4-13(9-14)10-17/h3-9,12,18H,1-2H3.